The zero-order chi connectivity index (χ0) is 14.2. The van der Waals surface area contributed by atoms with Crippen LogP contribution >= 0.6 is 11.3 Å². The van der Waals surface area contributed by atoms with Crippen LogP contribution in [0.3, 0.4) is 0 Å². The van der Waals surface area contributed by atoms with Crippen molar-refractivity contribution < 1.29 is 0 Å². The molecule has 0 amide bonds. The summed E-state index contributed by atoms with van der Waals surface area (Å²) < 4.78 is 0. The van der Waals surface area contributed by atoms with Gasteiger partial charge in [0.1, 0.15) is 11.6 Å². The molecular weight excluding hydrogens is 270 g/mol. The van der Waals surface area contributed by atoms with Crippen molar-refractivity contribution in [1.29, 1.82) is 0 Å². The molecule has 5 heteroatoms. The number of thiophene rings is 1. The van der Waals surface area contributed by atoms with E-state index < -0.39 is 0 Å². The Bertz CT molecular complexity index is 641. The molecule has 2 heterocycles. The van der Waals surface area contributed by atoms with Gasteiger partial charge in [0.05, 0.1) is 0 Å². The van der Waals surface area contributed by atoms with Crippen LogP contribution in [-0.2, 0) is 5.41 Å². The summed E-state index contributed by atoms with van der Waals surface area (Å²) in [5.41, 5.74) is -0.0450. The van der Waals surface area contributed by atoms with Crippen LogP contribution in [0.15, 0.2) is 28.4 Å². The summed E-state index contributed by atoms with van der Waals surface area (Å²) in [5, 5.41) is 5.40. The Hall–Kier alpha value is -1.62. The fraction of sp³-hybridized carbons (Fsp3) is 0.467. The van der Waals surface area contributed by atoms with Gasteiger partial charge >= 0.3 is 0 Å². The van der Waals surface area contributed by atoms with Crippen LogP contribution in [0.2, 0.25) is 0 Å². The van der Waals surface area contributed by atoms with Gasteiger partial charge in [0.25, 0.3) is 5.56 Å². The number of aromatic nitrogens is 2. The molecule has 0 saturated heterocycles. The summed E-state index contributed by atoms with van der Waals surface area (Å²) >= 11 is 1.76. The second-order valence-corrected chi connectivity index (χ2v) is 6.95. The van der Waals surface area contributed by atoms with Gasteiger partial charge in [-0.2, -0.15) is 0 Å². The number of hydrogen-bond donors (Lipinski definition) is 2. The van der Waals surface area contributed by atoms with Gasteiger partial charge in [0.15, 0.2) is 0 Å². The smallest absolute Gasteiger partial charge is 0.252 e. The van der Waals surface area contributed by atoms with Gasteiger partial charge in [-0.3, -0.25) is 4.79 Å². The lowest BCUT2D eigenvalue weighted by atomic mass is 9.91. The van der Waals surface area contributed by atoms with Crippen LogP contribution in [-0.4, -0.2) is 16.5 Å². The van der Waals surface area contributed by atoms with Crippen molar-refractivity contribution in [3.8, 4) is 0 Å². The standard InChI is InChI=1S/C15H19N3OS/c1-15(2,11-4-3-7-20-11)9-16-12-8-13(19)18-14(17-12)10-5-6-10/h3-4,7-8,10H,5-6,9H2,1-2H3,(H2,16,17,18,19). The first-order valence-electron chi connectivity index (χ1n) is 6.94. The number of rotatable bonds is 5. The Kier molecular flexibility index (Phi) is 3.38. The molecule has 0 atom stereocenters. The molecule has 20 heavy (non-hydrogen) atoms. The van der Waals surface area contributed by atoms with Crippen LogP contribution in [0.5, 0.6) is 0 Å². The zero-order valence-electron chi connectivity index (χ0n) is 11.8. The second-order valence-electron chi connectivity index (χ2n) is 6.00. The third-order valence-corrected chi connectivity index (χ3v) is 4.86. The summed E-state index contributed by atoms with van der Waals surface area (Å²) in [5.74, 6) is 1.96. The summed E-state index contributed by atoms with van der Waals surface area (Å²) in [6.07, 6.45) is 2.26. The molecule has 1 saturated carbocycles. The maximum Gasteiger partial charge on any atom is 0.252 e. The average molecular weight is 289 g/mol. The molecule has 1 aliphatic rings. The normalized spacial score (nSPS) is 15.3. The molecule has 0 unspecified atom stereocenters. The minimum absolute atomic E-state index is 0.0260. The van der Waals surface area contributed by atoms with Crippen molar-refractivity contribution in [2.45, 2.75) is 38.0 Å². The molecular formula is C15H19N3OS. The third kappa shape index (κ3) is 2.93. The van der Waals surface area contributed by atoms with Crippen LogP contribution in [0.1, 0.15) is 43.3 Å². The van der Waals surface area contributed by atoms with Crippen molar-refractivity contribution >= 4 is 17.2 Å². The van der Waals surface area contributed by atoms with Crippen LogP contribution in [0, 0.1) is 0 Å². The lowest BCUT2D eigenvalue weighted by Crippen LogP contribution is -2.27. The van der Waals surface area contributed by atoms with E-state index in [1.54, 1.807) is 11.3 Å². The van der Waals surface area contributed by atoms with E-state index in [4.69, 9.17) is 0 Å². The van der Waals surface area contributed by atoms with Gasteiger partial charge in [-0.1, -0.05) is 19.9 Å². The average Bonchev–Trinajstić information content (AvgIpc) is 3.10. The summed E-state index contributed by atoms with van der Waals surface area (Å²) in [7, 11) is 0. The highest BCUT2D eigenvalue weighted by atomic mass is 32.1. The van der Waals surface area contributed by atoms with E-state index in [1.165, 1.54) is 10.9 Å². The minimum atomic E-state index is -0.0710. The Labute approximate surface area is 122 Å². The van der Waals surface area contributed by atoms with Gasteiger partial charge in [0, 0.05) is 28.8 Å². The highest BCUT2D eigenvalue weighted by Gasteiger charge is 2.27. The van der Waals surface area contributed by atoms with Crippen molar-refractivity contribution in [3.05, 3.63) is 44.6 Å². The number of anilines is 1. The number of nitrogens with zero attached hydrogens (tertiary/aromatic N) is 1. The van der Waals surface area contributed by atoms with Crippen LogP contribution < -0.4 is 10.9 Å². The lowest BCUT2D eigenvalue weighted by Gasteiger charge is -2.24. The number of nitrogens with one attached hydrogen (secondary N) is 2. The summed E-state index contributed by atoms with van der Waals surface area (Å²) in [4.78, 5) is 20.3. The van der Waals surface area contributed by atoms with Gasteiger partial charge in [0.2, 0.25) is 0 Å². The molecule has 0 spiro atoms. The van der Waals surface area contributed by atoms with Crippen molar-refractivity contribution in [2.24, 2.45) is 0 Å². The highest BCUT2D eigenvalue weighted by molar-refractivity contribution is 7.10. The van der Waals surface area contributed by atoms with E-state index in [9.17, 15) is 4.79 Å². The molecule has 0 bridgehead atoms. The monoisotopic (exact) mass is 289 g/mol. The largest absolute Gasteiger partial charge is 0.369 e. The molecule has 1 fully saturated rings. The molecule has 106 valence electrons. The SMILES string of the molecule is CC(C)(CNc1cc(=O)[nH]c(C2CC2)n1)c1cccs1. The number of hydrogen-bond acceptors (Lipinski definition) is 4. The Morgan fingerprint density at radius 2 is 2.30 bits per heavy atom. The second kappa shape index (κ2) is 5.05. The van der Waals surface area contributed by atoms with Gasteiger partial charge in [-0.05, 0) is 24.3 Å². The fourth-order valence-corrected chi connectivity index (χ4v) is 3.03. The molecule has 2 aromatic heterocycles. The van der Waals surface area contributed by atoms with Crippen molar-refractivity contribution in [2.75, 3.05) is 11.9 Å². The van der Waals surface area contributed by atoms with E-state index in [0.29, 0.717) is 11.7 Å². The maximum atomic E-state index is 11.7. The fourth-order valence-electron chi connectivity index (χ4n) is 2.18. The van der Waals surface area contributed by atoms with E-state index >= 15 is 0 Å². The molecule has 0 aliphatic heterocycles. The summed E-state index contributed by atoms with van der Waals surface area (Å²) in [6.45, 7) is 5.15. The molecule has 2 N–H and O–H groups in total. The Morgan fingerprint density at radius 1 is 1.50 bits per heavy atom. The predicted molar refractivity (Wildman–Crippen MR) is 82.7 cm³/mol. The maximum absolute atomic E-state index is 11.7. The van der Waals surface area contributed by atoms with Crippen molar-refractivity contribution in [1.82, 2.24) is 9.97 Å². The van der Waals surface area contributed by atoms with E-state index in [1.807, 2.05) is 0 Å². The first-order chi connectivity index (χ1) is 9.54. The van der Waals surface area contributed by atoms with E-state index in [2.05, 4.69) is 46.6 Å². The van der Waals surface area contributed by atoms with Crippen LogP contribution in [0.25, 0.3) is 0 Å². The van der Waals surface area contributed by atoms with E-state index in [0.717, 1.165) is 25.2 Å². The molecule has 4 nitrogen and oxygen atoms in total. The zero-order valence-corrected chi connectivity index (χ0v) is 12.6. The first kappa shape index (κ1) is 13.4. The molecule has 0 radical (unpaired) electrons. The van der Waals surface area contributed by atoms with Crippen LogP contribution in [0.4, 0.5) is 5.82 Å². The topological polar surface area (TPSA) is 57.8 Å². The Balaban J connectivity index is 1.73. The predicted octanol–water partition coefficient (Wildman–Crippen LogP) is 3.10. The minimum Gasteiger partial charge on any atom is -0.369 e. The highest BCUT2D eigenvalue weighted by Crippen LogP contribution is 2.37. The molecule has 0 aromatic carbocycles. The van der Waals surface area contributed by atoms with Gasteiger partial charge in [-0.25, -0.2) is 4.98 Å². The number of H-pyrrole nitrogens is 1. The lowest BCUT2D eigenvalue weighted by molar-refractivity contribution is 0.568. The number of aromatic amines is 1. The van der Waals surface area contributed by atoms with Gasteiger partial charge in [-0.15, -0.1) is 11.3 Å². The molecule has 1 aliphatic carbocycles. The molecule has 2 aromatic rings. The quantitative estimate of drug-likeness (QED) is 0.889. The third-order valence-electron chi connectivity index (χ3n) is 3.62. The molecule has 3 rings (SSSR count). The van der Waals surface area contributed by atoms with E-state index in [-0.39, 0.29) is 11.0 Å². The van der Waals surface area contributed by atoms with Crippen molar-refractivity contribution in [3.63, 3.8) is 0 Å². The Morgan fingerprint density at radius 3 is 2.95 bits per heavy atom. The van der Waals surface area contributed by atoms with Gasteiger partial charge < -0.3 is 10.3 Å². The summed E-state index contributed by atoms with van der Waals surface area (Å²) in [6, 6.07) is 5.75. The first-order valence-corrected chi connectivity index (χ1v) is 7.82.